The van der Waals surface area contributed by atoms with Crippen LogP contribution in [0.15, 0.2) is 11.6 Å². The normalized spacial score (nSPS) is 41.8. The van der Waals surface area contributed by atoms with Crippen molar-refractivity contribution in [2.45, 2.75) is 46.0 Å². The van der Waals surface area contributed by atoms with E-state index in [4.69, 9.17) is 0 Å². The van der Waals surface area contributed by atoms with E-state index in [2.05, 4.69) is 19.9 Å². The second-order valence-corrected chi connectivity index (χ2v) is 4.70. The molecular formula is C12H20. The fraction of sp³-hybridized carbons (Fsp3) is 0.833. The van der Waals surface area contributed by atoms with Crippen LogP contribution in [0.5, 0.6) is 0 Å². The molecule has 0 nitrogen and oxygen atoms in total. The Balaban J connectivity index is 2.04. The Morgan fingerprint density at radius 1 is 1.25 bits per heavy atom. The predicted molar refractivity (Wildman–Crippen MR) is 53.0 cm³/mol. The van der Waals surface area contributed by atoms with Crippen molar-refractivity contribution in [1.29, 1.82) is 0 Å². The van der Waals surface area contributed by atoms with E-state index in [1.807, 2.05) is 0 Å². The standard InChI is InChI=1S/C12H20/c1-9-5-3-7-11(9)12-8-4-6-10(12)2/h5,10-12H,3-4,6-8H2,1-2H3/t10-,11?,12?/m1/s1. The largest absolute Gasteiger partial charge is 0.0853 e. The van der Waals surface area contributed by atoms with E-state index in [0.29, 0.717) is 0 Å². The van der Waals surface area contributed by atoms with Crippen LogP contribution in [-0.4, -0.2) is 0 Å². The molecule has 12 heavy (non-hydrogen) atoms. The first-order valence-corrected chi connectivity index (χ1v) is 5.45. The van der Waals surface area contributed by atoms with E-state index in [9.17, 15) is 0 Å². The summed E-state index contributed by atoms with van der Waals surface area (Å²) in [4.78, 5) is 0. The van der Waals surface area contributed by atoms with Gasteiger partial charge in [0, 0.05) is 0 Å². The summed E-state index contributed by atoms with van der Waals surface area (Å²) < 4.78 is 0. The second kappa shape index (κ2) is 3.24. The minimum Gasteiger partial charge on any atom is -0.0853 e. The molecule has 2 aliphatic carbocycles. The zero-order valence-electron chi connectivity index (χ0n) is 8.34. The Bertz CT molecular complexity index is 190. The Hall–Kier alpha value is -0.260. The van der Waals surface area contributed by atoms with Crippen LogP contribution in [0.25, 0.3) is 0 Å². The third-order valence-corrected chi connectivity index (χ3v) is 3.97. The lowest BCUT2D eigenvalue weighted by atomic mass is 9.81. The zero-order chi connectivity index (χ0) is 8.55. The van der Waals surface area contributed by atoms with E-state index in [-0.39, 0.29) is 0 Å². The van der Waals surface area contributed by atoms with E-state index < -0.39 is 0 Å². The molecule has 0 heterocycles. The Kier molecular flexibility index (Phi) is 2.25. The van der Waals surface area contributed by atoms with Crippen LogP contribution in [0.2, 0.25) is 0 Å². The molecular weight excluding hydrogens is 144 g/mol. The van der Waals surface area contributed by atoms with Crippen LogP contribution in [0.1, 0.15) is 46.0 Å². The molecule has 1 fully saturated rings. The van der Waals surface area contributed by atoms with Crippen LogP contribution in [0, 0.1) is 17.8 Å². The lowest BCUT2D eigenvalue weighted by Gasteiger charge is -2.24. The molecule has 3 atom stereocenters. The molecule has 0 N–H and O–H groups in total. The first kappa shape index (κ1) is 8.34. The fourth-order valence-electron chi connectivity index (χ4n) is 3.19. The molecule has 2 aliphatic rings. The highest BCUT2D eigenvalue weighted by molar-refractivity contribution is 5.12. The van der Waals surface area contributed by atoms with Crippen LogP contribution in [0.3, 0.4) is 0 Å². The quantitative estimate of drug-likeness (QED) is 0.517. The Labute approximate surface area is 76.1 Å². The van der Waals surface area contributed by atoms with Gasteiger partial charge in [-0.25, -0.2) is 0 Å². The monoisotopic (exact) mass is 164 g/mol. The van der Waals surface area contributed by atoms with Crippen molar-refractivity contribution in [3.63, 3.8) is 0 Å². The zero-order valence-corrected chi connectivity index (χ0v) is 8.34. The average molecular weight is 164 g/mol. The van der Waals surface area contributed by atoms with E-state index in [0.717, 1.165) is 17.8 Å². The Morgan fingerprint density at radius 2 is 2.08 bits per heavy atom. The van der Waals surface area contributed by atoms with Crippen LogP contribution >= 0.6 is 0 Å². The molecule has 0 heteroatoms. The minimum absolute atomic E-state index is 0.961. The number of hydrogen-bond donors (Lipinski definition) is 0. The summed E-state index contributed by atoms with van der Waals surface area (Å²) in [6, 6.07) is 0. The second-order valence-electron chi connectivity index (χ2n) is 4.70. The molecule has 0 aromatic rings. The third-order valence-electron chi connectivity index (χ3n) is 3.97. The molecule has 0 aliphatic heterocycles. The van der Waals surface area contributed by atoms with Crippen LogP contribution in [-0.2, 0) is 0 Å². The summed E-state index contributed by atoms with van der Waals surface area (Å²) in [5.41, 5.74) is 1.69. The lowest BCUT2D eigenvalue weighted by Crippen LogP contribution is -2.15. The summed E-state index contributed by atoms with van der Waals surface area (Å²) in [6.07, 6.45) is 9.71. The SMILES string of the molecule is CC1=CCCC1C1CCC[C@H]1C. The molecule has 0 radical (unpaired) electrons. The number of allylic oxidation sites excluding steroid dienone is 2. The third kappa shape index (κ3) is 1.32. The molecule has 0 spiro atoms. The first-order chi connectivity index (χ1) is 5.79. The summed E-state index contributed by atoms with van der Waals surface area (Å²) in [7, 11) is 0. The van der Waals surface area contributed by atoms with Crippen LogP contribution in [0.4, 0.5) is 0 Å². The Morgan fingerprint density at radius 3 is 2.58 bits per heavy atom. The van der Waals surface area contributed by atoms with E-state index in [1.54, 1.807) is 5.57 Å². The van der Waals surface area contributed by atoms with Gasteiger partial charge in [0.25, 0.3) is 0 Å². The van der Waals surface area contributed by atoms with Gasteiger partial charge < -0.3 is 0 Å². The number of hydrogen-bond acceptors (Lipinski definition) is 0. The molecule has 0 saturated heterocycles. The van der Waals surface area contributed by atoms with Crippen molar-refractivity contribution in [3.05, 3.63) is 11.6 Å². The molecule has 1 saturated carbocycles. The van der Waals surface area contributed by atoms with Gasteiger partial charge in [0.1, 0.15) is 0 Å². The molecule has 0 bridgehead atoms. The summed E-state index contributed by atoms with van der Waals surface area (Å²) >= 11 is 0. The summed E-state index contributed by atoms with van der Waals surface area (Å²) in [5, 5.41) is 0. The lowest BCUT2D eigenvalue weighted by molar-refractivity contribution is 0.308. The molecule has 0 aromatic carbocycles. The summed E-state index contributed by atoms with van der Waals surface area (Å²) in [5.74, 6) is 2.99. The van der Waals surface area contributed by atoms with Gasteiger partial charge in [-0.1, -0.05) is 31.4 Å². The smallest absolute Gasteiger partial charge is 0.0172 e. The van der Waals surface area contributed by atoms with Gasteiger partial charge in [0.2, 0.25) is 0 Å². The molecule has 0 aromatic heterocycles. The van der Waals surface area contributed by atoms with Crippen molar-refractivity contribution in [2.75, 3.05) is 0 Å². The highest BCUT2D eigenvalue weighted by Gasteiger charge is 2.32. The van der Waals surface area contributed by atoms with Crippen LogP contribution < -0.4 is 0 Å². The van der Waals surface area contributed by atoms with Crippen molar-refractivity contribution < 1.29 is 0 Å². The highest BCUT2D eigenvalue weighted by atomic mass is 14.4. The molecule has 68 valence electrons. The predicted octanol–water partition coefficient (Wildman–Crippen LogP) is 3.78. The van der Waals surface area contributed by atoms with Gasteiger partial charge in [-0.3, -0.25) is 0 Å². The van der Waals surface area contributed by atoms with Gasteiger partial charge >= 0.3 is 0 Å². The van der Waals surface area contributed by atoms with Gasteiger partial charge in [0.05, 0.1) is 0 Å². The van der Waals surface area contributed by atoms with Gasteiger partial charge in [-0.05, 0) is 43.9 Å². The van der Waals surface area contributed by atoms with Gasteiger partial charge in [-0.2, -0.15) is 0 Å². The topological polar surface area (TPSA) is 0 Å². The maximum atomic E-state index is 2.45. The first-order valence-electron chi connectivity index (χ1n) is 5.45. The highest BCUT2D eigenvalue weighted by Crippen LogP contribution is 2.43. The molecule has 0 amide bonds. The van der Waals surface area contributed by atoms with Crippen molar-refractivity contribution >= 4 is 0 Å². The maximum Gasteiger partial charge on any atom is -0.0172 e. The fourth-order valence-corrected chi connectivity index (χ4v) is 3.19. The van der Waals surface area contributed by atoms with E-state index in [1.165, 1.54) is 32.1 Å². The molecule has 2 unspecified atom stereocenters. The van der Waals surface area contributed by atoms with Crippen molar-refractivity contribution in [2.24, 2.45) is 17.8 Å². The van der Waals surface area contributed by atoms with Gasteiger partial charge in [-0.15, -0.1) is 0 Å². The van der Waals surface area contributed by atoms with Crippen molar-refractivity contribution in [3.8, 4) is 0 Å². The average Bonchev–Trinajstić information content (AvgIpc) is 2.59. The van der Waals surface area contributed by atoms with Crippen molar-refractivity contribution in [1.82, 2.24) is 0 Å². The van der Waals surface area contributed by atoms with E-state index >= 15 is 0 Å². The van der Waals surface area contributed by atoms with Gasteiger partial charge in [0.15, 0.2) is 0 Å². The number of rotatable bonds is 1. The maximum absolute atomic E-state index is 2.45. The molecule has 2 rings (SSSR count). The minimum atomic E-state index is 0.961. The summed E-state index contributed by atoms with van der Waals surface area (Å²) in [6.45, 7) is 4.78.